The van der Waals surface area contributed by atoms with Crippen molar-refractivity contribution >= 4 is 50.3 Å². The van der Waals surface area contributed by atoms with E-state index in [-0.39, 0.29) is 29.1 Å². The number of fused-ring (bicyclic) bond motifs is 1. The quantitative estimate of drug-likeness (QED) is 0.480. The highest BCUT2D eigenvalue weighted by Gasteiger charge is 2.31. The van der Waals surface area contributed by atoms with Crippen LogP contribution in [0.15, 0.2) is 18.2 Å². The number of nitrogens with zero attached hydrogens (tertiary/aromatic N) is 1. The maximum absolute atomic E-state index is 12.3. The van der Waals surface area contributed by atoms with Crippen LogP contribution in [0.25, 0.3) is 10.2 Å². The van der Waals surface area contributed by atoms with Crippen LogP contribution < -0.4 is 21.1 Å². The fraction of sp³-hybridized carbons (Fsp3) is 0.471. The van der Waals surface area contributed by atoms with Crippen molar-refractivity contribution in [3.8, 4) is 5.75 Å². The molecule has 12 heteroatoms. The molecule has 2 amide bonds. The van der Waals surface area contributed by atoms with Crippen molar-refractivity contribution in [3.63, 3.8) is 0 Å². The van der Waals surface area contributed by atoms with Gasteiger partial charge in [-0.15, -0.1) is 13.2 Å². The third kappa shape index (κ3) is 8.07. The lowest BCUT2D eigenvalue weighted by atomic mass is 10.2. The van der Waals surface area contributed by atoms with Crippen molar-refractivity contribution in [2.24, 2.45) is 5.73 Å². The first kappa shape index (κ1) is 23.2. The SMILES string of the molecule is CSCCC(N)C(=O)NCCCC(=O)Nc1nc2ccc(OC(F)(F)F)cc2s1. The highest BCUT2D eigenvalue weighted by molar-refractivity contribution is 7.98. The molecule has 0 saturated heterocycles. The average molecular weight is 451 g/mol. The van der Waals surface area contributed by atoms with E-state index < -0.39 is 12.4 Å². The Balaban J connectivity index is 1.78. The summed E-state index contributed by atoms with van der Waals surface area (Å²) in [6.07, 6.45) is -1.69. The van der Waals surface area contributed by atoms with E-state index in [1.807, 2.05) is 6.26 Å². The third-order valence-corrected chi connectivity index (χ3v) is 5.27. The first-order valence-corrected chi connectivity index (χ1v) is 10.9. The number of thioether (sulfide) groups is 1. The van der Waals surface area contributed by atoms with Crippen molar-refractivity contribution in [1.29, 1.82) is 0 Å². The van der Waals surface area contributed by atoms with Gasteiger partial charge in [-0.25, -0.2) is 4.98 Å². The monoisotopic (exact) mass is 450 g/mol. The second kappa shape index (κ2) is 10.6. The van der Waals surface area contributed by atoms with Crippen LogP contribution in [0, 0.1) is 0 Å². The number of amides is 2. The second-order valence-corrected chi connectivity index (χ2v) is 8.04. The van der Waals surface area contributed by atoms with Crippen molar-refractivity contribution in [3.05, 3.63) is 18.2 Å². The van der Waals surface area contributed by atoms with Crippen LogP contribution >= 0.6 is 23.1 Å². The van der Waals surface area contributed by atoms with Crippen LogP contribution in [0.3, 0.4) is 0 Å². The first-order chi connectivity index (χ1) is 13.7. The average Bonchev–Trinajstić information content (AvgIpc) is 3.02. The minimum absolute atomic E-state index is 0.151. The maximum atomic E-state index is 12.3. The van der Waals surface area contributed by atoms with Crippen molar-refractivity contribution in [2.45, 2.75) is 31.7 Å². The number of carbonyl (C=O) groups is 2. The second-order valence-electron chi connectivity index (χ2n) is 6.03. The minimum atomic E-state index is -4.77. The zero-order valence-electron chi connectivity index (χ0n) is 15.5. The number of alkyl halides is 3. The summed E-state index contributed by atoms with van der Waals surface area (Å²) < 4.78 is 41.2. The molecule has 1 aromatic carbocycles. The van der Waals surface area contributed by atoms with Gasteiger partial charge in [0.1, 0.15) is 5.75 Å². The molecular formula is C17H21F3N4O3S2. The van der Waals surface area contributed by atoms with Crippen LogP contribution in [0.4, 0.5) is 18.3 Å². The van der Waals surface area contributed by atoms with E-state index in [2.05, 4.69) is 20.4 Å². The van der Waals surface area contributed by atoms with Gasteiger partial charge in [0.25, 0.3) is 0 Å². The van der Waals surface area contributed by atoms with E-state index in [9.17, 15) is 22.8 Å². The lowest BCUT2D eigenvalue weighted by molar-refractivity contribution is -0.274. The highest BCUT2D eigenvalue weighted by Crippen LogP contribution is 2.31. The molecule has 0 spiro atoms. The van der Waals surface area contributed by atoms with Gasteiger partial charge in [0.2, 0.25) is 11.8 Å². The van der Waals surface area contributed by atoms with Gasteiger partial charge >= 0.3 is 6.36 Å². The Kier molecular flexibility index (Phi) is 8.53. The molecule has 1 unspecified atom stereocenters. The number of benzene rings is 1. The highest BCUT2D eigenvalue weighted by atomic mass is 32.2. The van der Waals surface area contributed by atoms with Crippen LogP contribution in [-0.4, -0.2) is 47.8 Å². The molecule has 0 radical (unpaired) electrons. The predicted molar refractivity (Wildman–Crippen MR) is 108 cm³/mol. The number of rotatable bonds is 10. The molecule has 7 nitrogen and oxygen atoms in total. The van der Waals surface area contributed by atoms with Gasteiger partial charge in [-0.3, -0.25) is 9.59 Å². The molecule has 1 heterocycles. The van der Waals surface area contributed by atoms with Gasteiger partial charge in [-0.2, -0.15) is 11.8 Å². The number of carbonyl (C=O) groups excluding carboxylic acids is 2. The van der Waals surface area contributed by atoms with E-state index in [1.165, 1.54) is 12.1 Å². The molecular weight excluding hydrogens is 429 g/mol. The van der Waals surface area contributed by atoms with Crippen LogP contribution in [0.2, 0.25) is 0 Å². The number of ether oxygens (including phenoxy) is 1. The lowest BCUT2D eigenvalue weighted by Gasteiger charge is -2.11. The maximum Gasteiger partial charge on any atom is 0.573 e. The molecule has 0 aliphatic rings. The number of hydrogen-bond acceptors (Lipinski definition) is 7. The van der Waals surface area contributed by atoms with Gasteiger partial charge in [0.05, 0.1) is 16.3 Å². The molecule has 2 aromatic rings. The van der Waals surface area contributed by atoms with Gasteiger partial charge in [0.15, 0.2) is 5.13 Å². The van der Waals surface area contributed by atoms with E-state index >= 15 is 0 Å². The Labute approximate surface area is 173 Å². The molecule has 2 rings (SSSR count). The molecule has 1 atom stereocenters. The van der Waals surface area contributed by atoms with Crippen LogP contribution in [0.5, 0.6) is 5.75 Å². The normalized spacial score (nSPS) is 12.6. The number of thiazole rings is 1. The molecule has 0 aliphatic heterocycles. The number of nitrogens with one attached hydrogen (secondary N) is 2. The fourth-order valence-corrected chi connectivity index (χ4v) is 3.70. The Hall–Kier alpha value is -2.05. The summed E-state index contributed by atoms with van der Waals surface area (Å²) >= 11 is 2.65. The number of nitrogens with two attached hydrogens (primary N) is 1. The van der Waals surface area contributed by atoms with Crippen LogP contribution in [-0.2, 0) is 9.59 Å². The van der Waals surface area contributed by atoms with Gasteiger partial charge in [-0.1, -0.05) is 11.3 Å². The fourth-order valence-electron chi connectivity index (χ4n) is 2.30. The number of hydrogen-bond donors (Lipinski definition) is 3. The lowest BCUT2D eigenvalue weighted by Crippen LogP contribution is -2.41. The summed E-state index contributed by atoms with van der Waals surface area (Å²) in [5, 5.41) is 5.56. The summed E-state index contributed by atoms with van der Waals surface area (Å²) in [4.78, 5) is 27.9. The largest absolute Gasteiger partial charge is 0.573 e. The molecule has 0 saturated carbocycles. The van der Waals surface area contributed by atoms with Gasteiger partial charge in [0, 0.05) is 19.0 Å². The molecule has 0 fully saturated rings. The molecule has 160 valence electrons. The summed E-state index contributed by atoms with van der Waals surface area (Å²) in [6.45, 7) is 0.317. The number of aromatic nitrogens is 1. The van der Waals surface area contributed by atoms with E-state index in [1.54, 1.807) is 11.8 Å². The van der Waals surface area contributed by atoms with Crippen molar-refractivity contribution < 1.29 is 27.5 Å². The Morgan fingerprint density at radius 1 is 1.38 bits per heavy atom. The topological polar surface area (TPSA) is 106 Å². The van der Waals surface area contributed by atoms with E-state index in [4.69, 9.17) is 5.73 Å². The zero-order chi connectivity index (χ0) is 21.4. The zero-order valence-corrected chi connectivity index (χ0v) is 17.2. The molecule has 4 N–H and O–H groups in total. The Bertz CT molecular complexity index is 845. The van der Waals surface area contributed by atoms with E-state index in [0.29, 0.717) is 29.6 Å². The van der Waals surface area contributed by atoms with Gasteiger partial charge in [-0.05, 0) is 37.0 Å². The Morgan fingerprint density at radius 3 is 2.83 bits per heavy atom. The summed E-state index contributed by atoms with van der Waals surface area (Å²) in [5.74, 6) is -0.111. The van der Waals surface area contributed by atoms with Crippen molar-refractivity contribution in [2.75, 3.05) is 23.9 Å². The van der Waals surface area contributed by atoms with Crippen LogP contribution in [0.1, 0.15) is 19.3 Å². The molecule has 0 aliphatic carbocycles. The molecule has 0 bridgehead atoms. The molecule has 29 heavy (non-hydrogen) atoms. The number of halogens is 3. The molecule has 1 aromatic heterocycles. The Morgan fingerprint density at radius 2 is 2.14 bits per heavy atom. The van der Waals surface area contributed by atoms with Crippen molar-refractivity contribution in [1.82, 2.24) is 10.3 Å². The summed E-state index contributed by atoms with van der Waals surface area (Å²) in [6, 6.07) is 3.20. The predicted octanol–water partition coefficient (Wildman–Crippen LogP) is 3.11. The van der Waals surface area contributed by atoms with E-state index in [0.717, 1.165) is 23.2 Å². The standard InChI is InChI=1S/C17H21F3N4O3S2/c1-28-8-6-11(21)15(26)22-7-2-3-14(25)24-16-23-12-5-4-10(9-13(12)29-16)27-17(18,19)20/h4-5,9,11H,2-3,6-8,21H2,1H3,(H,22,26)(H,23,24,25). The third-order valence-electron chi connectivity index (χ3n) is 3.69. The summed E-state index contributed by atoms with van der Waals surface area (Å²) in [7, 11) is 0. The number of anilines is 1. The summed E-state index contributed by atoms with van der Waals surface area (Å²) in [5.41, 5.74) is 6.20. The first-order valence-electron chi connectivity index (χ1n) is 8.66. The minimum Gasteiger partial charge on any atom is -0.406 e. The van der Waals surface area contributed by atoms with Gasteiger partial charge < -0.3 is 21.1 Å². The smallest absolute Gasteiger partial charge is 0.406 e.